The van der Waals surface area contributed by atoms with Crippen molar-refractivity contribution >= 4 is 28.9 Å². The predicted molar refractivity (Wildman–Crippen MR) is 87.9 cm³/mol. The van der Waals surface area contributed by atoms with Gasteiger partial charge in [0.1, 0.15) is 12.7 Å². The van der Waals surface area contributed by atoms with E-state index < -0.39 is 0 Å². The lowest BCUT2D eigenvalue weighted by Crippen LogP contribution is -2.27. The molecule has 0 saturated carbocycles. The molecule has 0 aliphatic carbocycles. The fourth-order valence-corrected chi connectivity index (χ4v) is 2.80. The summed E-state index contributed by atoms with van der Waals surface area (Å²) in [6, 6.07) is 5.06. The first-order valence-corrected chi connectivity index (χ1v) is 7.59. The van der Waals surface area contributed by atoms with Gasteiger partial charge >= 0.3 is 0 Å². The fourth-order valence-electron chi connectivity index (χ4n) is 2.29. The van der Waals surface area contributed by atoms with E-state index in [2.05, 4.69) is 36.0 Å². The van der Waals surface area contributed by atoms with E-state index >= 15 is 0 Å². The van der Waals surface area contributed by atoms with Crippen molar-refractivity contribution in [1.82, 2.24) is 14.8 Å². The molecule has 2 aromatic rings. The van der Waals surface area contributed by atoms with Gasteiger partial charge in [-0.2, -0.15) is 5.10 Å². The number of aromatic nitrogens is 3. The summed E-state index contributed by atoms with van der Waals surface area (Å²) in [4.78, 5) is 4.00. The smallest absolute Gasteiger partial charge is 0.137 e. The van der Waals surface area contributed by atoms with Crippen LogP contribution in [-0.2, 0) is 0 Å². The lowest BCUT2D eigenvalue weighted by Gasteiger charge is -2.30. The summed E-state index contributed by atoms with van der Waals surface area (Å²) < 4.78 is 1.77. The standard InChI is InChI=1S/C15H18Cl2N4O/c1-15(2,3)14(21-9-18-8-19-21)7-13(20-22)11-5-4-10(16)6-12(11)17/h4-6,8-9,14,22H,7H2,1-3H3. The van der Waals surface area contributed by atoms with Gasteiger partial charge in [0.25, 0.3) is 0 Å². The first-order chi connectivity index (χ1) is 10.3. The summed E-state index contributed by atoms with van der Waals surface area (Å²) in [5, 5.41) is 18.1. The van der Waals surface area contributed by atoms with Crippen LogP contribution in [-0.4, -0.2) is 25.7 Å². The maximum absolute atomic E-state index is 9.44. The molecule has 1 N–H and O–H groups in total. The monoisotopic (exact) mass is 340 g/mol. The summed E-state index contributed by atoms with van der Waals surface area (Å²) in [6.45, 7) is 6.29. The Hall–Kier alpha value is -1.59. The van der Waals surface area contributed by atoms with Gasteiger partial charge in [-0.15, -0.1) is 0 Å². The number of halogens is 2. The fraction of sp³-hybridized carbons (Fsp3) is 0.400. The van der Waals surface area contributed by atoms with Gasteiger partial charge in [-0.3, -0.25) is 0 Å². The molecule has 7 heteroatoms. The van der Waals surface area contributed by atoms with Crippen LogP contribution in [0.2, 0.25) is 10.0 Å². The molecule has 1 atom stereocenters. The van der Waals surface area contributed by atoms with Crippen molar-refractivity contribution in [2.45, 2.75) is 33.2 Å². The normalized spacial score (nSPS) is 14.1. The average Bonchev–Trinajstić information content (AvgIpc) is 2.93. The zero-order valence-electron chi connectivity index (χ0n) is 12.7. The van der Waals surface area contributed by atoms with Crippen molar-refractivity contribution in [2.75, 3.05) is 0 Å². The van der Waals surface area contributed by atoms with Crippen LogP contribution in [0.3, 0.4) is 0 Å². The summed E-state index contributed by atoms with van der Waals surface area (Å²) >= 11 is 12.1. The average molecular weight is 341 g/mol. The van der Waals surface area contributed by atoms with Crippen LogP contribution in [0.1, 0.15) is 38.8 Å². The molecule has 2 rings (SSSR count). The van der Waals surface area contributed by atoms with Gasteiger partial charge in [-0.05, 0) is 17.5 Å². The number of oxime groups is 1. The van der Waals surface area contributed by atoms with Gasteiger partial charge in [0.15, 0.2) is 0 Å². The van der Waals surface area contributed by atoms with E-state index in [9.17, 15) is 5.21 Å². The Morgan fingerprint density at radius 1 is 1.36 bits per heavy atom. The van der Waals surface area contributed by atoms with Crippen molar-refractivity contribution in [1.29, 1.82) is 0 Å². The Morgan fingerprint density at radius 3 is 2.59 bits per heavy atom. The molecule has 0 saturated heterocycles. The molecule has 0 spiro atoms. The van der Waals surface area contributed by atoms with Crippen molar-refractivity contribution in [3.8, 4) is 0 Å². The van der Waals surface area contributed by atoms with Gasteiger partial charge in [-0.1, -0.05) is 55.2 Å². The molecule has 1 aromatic carbocycles. The van der Waals surface area contributed by atoms with Crippen molar-refractivity contribution in [2.24, 2.45) is 10.6 Å². The summed E-state index contributed by atoms with van der Waals surface area (Å²) in [5.41, 5.74) is 1.03. The molecule has 1 heterocycles. The molecule has 0 aliphatic rings. The summed E-state index contributed by atoms with van der Waals surface area (Å²) in [7, 11) is 0. The van der Waals surface area contributed by atoms with Gasteiger partial charge in [0.2, 0.25) is 0 Å². The lowest BCUT2D eigenvalue weighted by atomic mass is 9.83. The zero-order valence-corrected chi connectivity index (χ0v) is 14.2. The minimum absolute atomic E-state index is 0.0346. The third-order valence-corrected chi connectivity index (χ3v) is 4.05. The molecule has 22 heavy (non-hydrogen) atoms. The van der Waals surface area contributed by atoms with Crippen molar-refractivity contribution in [3.05, 3.63) is 46.5 Å². The number of nitrogens with zero attached hydrogens (tertiary/aromatic N) is 4. The summed E-state index contributed by atoms with van der Waals surface area (Å²) in [5.74, 6) is 0. The second-order valence-corrected chi connectivity index (χ2v) is 6.98. The van der Waals surface area contributed by atoms with Crippen LogP contribution < -0.4 is 0 Å². The zero-order chi connectivity index (χ0) is 16.3. The molecule has 1 aromatic heterocycles. The molecule has 118 valence electrons. The molecule has 1 unspecified atom stereocenters. The Labute approximate surface area is 139 Å². The van der Waals surface area contributed by atoms with Crippen LogP contribution in [0.15, 0.2) is 36.0 Å². The van der Waals surface area contributed by atoms with Gasteiger partial charge in [0.05, 0.1) is 16.8 Å². The molecular formula is C15H18Cl2N4O. The van der Waals surface area contributed by atoms with E-state index in [0.717, 1.165) is 0 Å². The van der Waals surface area contributed by atoms with Gasteiger partial charge in [-0.25, -0.2) is 9.67 Å². The molecule has 0 bridgehead atoms. The Bertz CT molecular complexity index is 663. The largest absolute Gasteiger partial charge is 0.411 e. The van der Waals surface area contributed by atoms with Crippen LogP contribution >= 0.6 is 23.2 Å². The summed E-state index contributed by atoms with van der Waals surface area (Å²) in [6.07, 6.45) is 3.61. The second-order valence-electron chi connectivity index (χ2n) is 6.13. The first kappa shape index (κ1) is 16.8. The van der Waals surface area contributed by atoms with E-state index in [1.165, 1.54) is 6.33 Å². The van der Waals surface area contributed by atoms with Crippen LogP contribution in [0.5, 0.6) is 0 Å². The van der Waals surface area contributed by atoms with Gasteiger partial charge < -0.3 is 5.21 Å². The number of hydrogen-bond donors (Lipinski definition) is 1. The third kappa shape index (κ3) is 3.78. The Kier molecular flexibility index (Phi) is 5.08. The highest BCUT2D eigenvalue weighted by Crippen LogP contribution is 2.34. The molecule has 0 fully saturated rings. The molecule has 0 amide bonds. The minimum atomic E-state index is -0.109. The molecule has 5 nitrogen and oxygen atoms in total. The van der Waals surface area contributed by atoms with Gasteiger partial charge in [0, 0.05) is 17.0 Å². The predicted octanol–water partition coefficient (Wildman–Crippen LogP) is 4.44. The van der Waals surface area contributed by atoms with Crippen molar-refractivity contribution in [3.63, 3.8) is 0 Å². The van der Waals surface area contributed by atoms with Crippen LogP contribution in [0.4, 0.5) is 0 Å². The SMILES string of the molecule is CC(C)(C)C(CC(=NO)c1ccc(Cl)cc1Cl)n1cncn1. The molecule has 0 aliphatic heterocycles. The van der Waals surface area contributed by atoms with E-state index in [4.69, 9.17) is 23.2 Å². The number of hydrogen-bond acceptors (Lipinski definition) is 4. The number of benzene rings is 1. The highest BCUT2D eigenvalue weighted by Gasteiger charge is 2.29. The lowest BCUT2D eigenvalue weighted by molar-refractivity contribution is 0.228. The van der Waals surface area contributed by atoms with E-state index in [1.807, 2.05) is 0 Å². The maximum Gasteiger partial charge on any atom is 0.137 e. The highest BCUT2D eigenvalue weighted by molar-refractivity contribution is 6.37. The van der Waals surface area contributed by atoms with E-state index in [-0.39, 0.29) is 11.5 Å². The van der Waals surface area contributed by atoms with E-state index in [1.54, 1.807) is 29.2 Å². The Morgan fingerprint density at radius 2 is 2.09 bits per heavy atom. The maximum atomic E-state index is 9.44. The van der Waals surface area contributed by atoms with Crippen LogP contribution in [0, 0.1) is 5.41 Å². The number of rotatable bonds is 4. The van der Waals surface area contributed by atoms with E-state index in [0.29, 0.717) is 27.7 Å². The second kappa shape index (κ2) is 6.67. The third-order valence-electron chi connectivity index (χ3n) is 3.51. The molecule has 0 radical (unpaired) electrons. The van der Waals surface area contributed by atoms with Crippen LogP contribution in [0.25, 0.3) is 0 Å². The topological polar surface area (TPSA) is 63.3 Å². The first-order valence-electron chi connectivity index (χ1n) is 6.83. The van der Waals surface area contributed by atoms with Crippen molar-refractivity contribution < 1.29 is 5.21 Å². The molecular weight excluding hydrogens is 323 g/mol. The highest BCUT2D eigenvalue weighted by atomic mass is 35.5. The quantitative estimate of drug-likeness (QED) is 0.508. The minimum Gasteiger partial charge on any atom is -0.411 e. The Balaban J connectivity index is 2.35.